The van der Waals surface area contributed by atoms with Gasteiger partial charge < -0.3 is 14.9 Å². The van der Waals surface area contributed by atoms with Crippen LogP contribution in [0, 0.1) is 6.92 Å². The Morgan fingerprint density at radius 2 is 2.22 bits per heavy atom. The van der Waals surface area contributed by atoms with Gasteiger partial charge in [-0.15, -0.1) is 0 Å². The Labute approximate surface area is 134 Å². The van der Waals surface area contributed by atoms with Gasteiger partial charge in [-0.25, -0.2) is 4.98 Å². The van der Waals surface area contributed by atoms with E-state index in [4.69, 9.17) is 0 Å². The van der Waals surface area contributed by atoms with E-state index in [9.17, 15) is 9.59 Å². The highest BCUT2D eigenvalue weighted by molar-refractivity contribution is 5.95. The van der Waals surface area contributed by atoms with E-state index in [0.717, 1.165) is 18.9 Å². The maximum Gasteiger partial charge on any atom is 0.255 e. The van der Waals surface area contributed by atoms with Crippen LogP contribution in [0.15, 0.2) is 29.5 Å². The molecule has 2 aromatic heterocycles. The van der Waals surface area contributed by atoms with Crippen molar-refractivity contribution in [2.75, 3.05) is 26.2 Å². The van der Waals surface area contributed by atoms with Crippen molar-refractivity contribution in [2.45, 2.75) is 19.9 Å². The van der Waals surface area contributed by atoms with Gasteiger partial charge >= 0.3 is 0 Å². The zero-order valence-electron chi connectivity index (χ0n) is 13.4. The van der Waals surface area contributed by atoms with Gasteiger partial charge in [0.05, 0.1) is 11.6 Å². The summed E-state index contributed by atoms with van der Waals surface area (Å²) in [6.45, 7) is 6.86. The first-order valence-corrected chi connectivity index (χ1v) is 7.82. The zero-order chi connectivity index (χ0) is 16.4. The quantitative estimate of drug-likeness (QED) is 0.882. The number of nitrogens with one attached hydrogen (secondary N) is 2. The van der Waals surface area contributed by atoms with Gasteiger partial charge in [-0.1, -0.05) is 6.92 Å². The Bertz CT molecular complexity index is 737. The molecule has 0 saturated carbocycles. The SMILES string of the molecule is CCN1CCN(C(=O)c2c[nH]c(=O)cc2C)C[C@H]1c1ncc[nH]1. The predicted octanol–water partition coefficient (Wildman–Crippen LogP) is 0.925. The molecule has 0 radical (unpaired) electrons. The van der Waals surface area contributed by atoms with Gasteiger partial charge in [0.2, 0.25) is 5.56 Å². The maximum atomic E-state index is 12.8. The standard InChI is InChI=1S/C16H21N5O2/c1-3-20-6-7-21(10-13(20)15-17-4-5-18-15)16(23)12-9-19-14(22)8-11(12)2/h4-5,8-9,13H,3,6-7,10H2,1-2H3,(H,17,18)(H,19,22)/t13-/m0/s1. The van der Waals surface area contributed by atoms with Crippen molar-refractivity contribution in [3.63, 3.8) is 0 Å². The number of carbonyl (C=O) groups is 1. The molecule has 1 amide bonds. The van der Waals surface area contributed by atoms with Crippen molar-refractivity contribution >= 4 is 5.91 Å². The normalized spacial score (nSPS) is 19.0. The number of pyridine rings is 1. The minimum absolute atomic E-state index is 0.0499. The molecule has 1 atom stereocenters. The van der Waals surface area contributed by atoms with Crippen LogP contribution >= 0.6 is 0 Å². The Balaban J connectivity index is 1.83. The number of imidazole rings is 1. The summed E-state index contributed by atoms with van der Waals surface area (Å²) in [6.07, 6.45) is 5.04. The lowest BCUT2D eigenvalue weighted by Gasteiger charge is -2.40. The monoisotopic (exact) mass is 315 g/mol. The van der Waals surface area contributed by atoms with Gasteiger partial charge in [0.15, 0.2) is 0 Å². The van der Waals surface area contributed by atoms with E-state index in [1.54, 1.807) is 19.3 Å². The second-order valence-corrected chi connectivity index (χ2v) is 5.76. The molecule has 1 aliphatic heterocycles. The smallest absolute Gasteiger partial charge is 0.255 e. The minimum Gasteiger partial charge on any atom is -0.347 e. The van der Waals surface area contributed by atoms with Crippen molar-refractivity contribution in [1.29, 1.82) is 0 Å². The van der Waals surface area contributed by atoms with Gasteiger partial charge in [-0.3, -0.25) is 14.5 Å². The van der Waals surface area contributed by atoms with Gasteiger partial charge in [-0.05, 0) is 19.0 Å². The molecule has 0 bridgehead atoms. The second-order valence-electron chi connectivity index (χ2n) is 5.76. The number of hydrogen-bond donors (Lipinski definition) is 2. The first kappa shape index (κ1) is 15.5. The summed E-state index contributed by atoms with van der Waals surface area (Å²) in [4.78, 5) is 38.4. The molecule has 3 rings (SSSR count). The largest absolute Gasteiger partial charge is 0.347 e. The van der Waals surface area contributed by atoms with Crippen LogP contribution in [0.1, 0.15) is 34.7 Å². The lowest BCUT2D eigenvalue weighted by atomic mass is 10.1. The average Bonchev–Trinajstić information content (AvgIpc) is 3.08. The highest BCUT2D eigenvalue weighted by Crippen LogP contribution is 2.23. The Morgan fingerprint density at radius 3 is 2.87 bits per heavy atom. The Kier molecular flexibility index (Phi) is 4.29. The summed E-state index contributed by atoms with van der Waals surface area (Å²) in [5.41, 5.74) is 1.06. The number of carbonyl (C=O) groups excluding carboxylic acids is 1. The van der Waals surface area contributed by atoms with E-state index < -0.39 is 0 Å². The molecule has 0 spiro atoms. The molecular formula is C16H21N5O2. The molecule has 1 fully saturated rings. The van der Waals surface area contributed by atoms with Crippen LogP contribution in [0.25, 0.3) is 0 Å². The number of aromatic nitrogens is 3. The topological polar surface area (TPSA) is 85.1 Å². The molecule has 0 aromatic carbocycles. The molecule has 23 heavy (non-hydrogen) atoms. The van der Waals surface area contributed by atoms with Crippen LogP contribution in [-0.4, -0.2) is 56.8 Å². The fraction of sp³-hybridized carbons (Fsp3) is 0.438. The van der Waals surface area contributed by atoms with Crippen LogP contribution < -0.4 is 5.56 Å². The molecule has 2 N–H and O–H groups in total. The van der Waals surface area contributed by atoms with Crippen LogP contribution in [-0.2, 0) is 0 Å². The van der Waals surface area contributed by atoms with Crippen LogP contribution in [0.3, 0.4) is 0 Å². The van der Waals surface area contributed by atoms with Crippen LogP contribution in [0.5, 0.6) is 0 Å². The highest BCUT2D eigenvalue weighted by Gasteiger charge is 2.32. The summed E-state index contributed by atoms with van der Waals surface area (Å²) in [5.74, 6) is 0.827. The molecule has 1 aliphatic rings. The number of rotatable bonds is 3. The Hall–Kier alpha value is -2.41. The Morgan fingerprint density at radius 1 is 1.39 bits per heavy atom. The maximum absolute atomic E-state index is 12.8. The molecule has 0 unspecified atom stereocenters. The summed E-state index contributed by atoms with van der Waals surface area (Å²) >= 11 is 0. The zero-order valence-corrected chi connectivity index (χ0v) is 13.4. The minimum atomic E-state index is -0.191. The summed E-state index contributed by atoms with van der Waals surface area (Å²) in [5, 5.41) is 0. The van der Waals surface area contributed by atoms with E-state index in [1.165, 1.54) is 12.3 Å². The lowest BCUT2D eigenvalue weighted by molar-refractivity contribution is 0.0479. The molecule has 7 heteroatoms. The lowest BCUT2D eigenvalue weighted by Crippen LogP contribution is -2.50. The number of H-pyrrole nitrogens is 2. The van der Waals surface area contributed by atoms with E-state index in [0.29, 0.717) is 24.2 Å². The molecule has 122 valence electrons. The van der Waals surface area contributed by atoms with Gasteiger partial charge in [-0.2, -0.15) is 0 Å². The third kappa shape index (κ3) is 3.05. The first-order chi connectivity index (χ1) is 11.1. The fourth-order valence-electron chi connectivity index (χ4n) is 3.08. The third-order valence-electron chi connectivity index (χ3n) is 4.38. The van der Waals surface area contributed by atoms with E-state index in [1.807, 2.05) is 4.90 Å². The summed E-state index contributed by atoms with van der Waals surface area (Å²) in [6, 6.07) is 1.52. The van der Waals surface area contributed by atoms with E-state index in [-0.39, 0.29) is 17.5 Å². The number of hydrogen-bond acceptors (Lipinski definition) is 4. The van der Waals surface area contributed by atoms with Crippen molar-refractivity contribution in [2.24, 2.45) is 0 Å². The number of nitrogens with zero attached hydrogens (tertiary/aromatic N) is 3. The molecule has 7 nitrogen and oxygen atoms in total. The molecule has 2 aromatic rings. The van der Waals surface area contributed by atoms with Gasteiger partial charge in [0.1, 0.15) is 5.82 Å². The van der Waals surface area contributed by atoms with Crippen LogP contribution in [0.4, 0.5) is 0 Å². The number of aryl methyl sites for hydroxylation is 1. The first-order valence-electron chi connectivity index (χ1n) is 7.82. The molecular weight excluding hydrogens is 294 g/mol. The van der Waals surface area contributed by atoms with Crippen molar-refractivity contribution < 1.29 is 4.79 Å². The second kappa shape index (κ2) is 6.37. The fourth-order valence-corrected chi connectivity index (χ4v) is 3.08. The summed E-state index contributed by atoms with van der Waals surface area (Å²) in [7, 11) is 0. The number of piperazine rings is 1. The van der Waals surface area contributed by atoms with Crippen molar-refractivity contribution in [3.8, 4) is 0 Å². The molecule has 1 saturated heterocycles. The van der Waals surface area contributed by atoms with Gasteiger partial charge in [0, 0.05) is 44.3 Å². The van der Waals surface area contributed by atoms with Crippen molar-refractivity contribution in [1.82, 2.24) is 24.8 Å². The number of likely N-dealkylation sites (N-methyl/N-ethyl adjacent to an activating group) is 1. The molecule has 0 aliphatic carbocycles. The number of amides is 1. The van der Waals surface area contributed by atoms with Crippen molar-refractivity contribution in [3.05, 3.63) is 52.0 Å². The molecule has 3 heterocycles. The predicted molar refractivity (Wildman–Crippen MR) is 86.3 cm³/mol. The van der Waals surface area contributed by atoms with Crippen LogP contribution in [0.2, 0.25) is 0 Å². The summed E-state index contributed by atoms with van der Waals surface area (Å²) < 4.78 is 0. The number of aromatic amines is 2. The third-order valence-corrected chi connectivity index (χ3v) is 4.38. The highest BCUT2D eigenvalue weighted by atomic mass is 16.2. The van der Waals surface area contributed by atoms with Gasteiger partial charge in [0.25, 0.3) is 5.91 Å². The van der Waals surface area contributed by atoms with E-state index >= 15 is 0 Å². The van der Waals surface area contributed by atoms with E-state index in [2.05, 4.69) is 26.8 Å². The average molecular weight is 315 g/mol.